The second-order valence-corrected chi connectivity index (χ2v) is 26.3. The fourth-order valence-corrected chi connectivity index (χ4v) is 12.9. The van der Waals surface area contributed by atoms with Crippen LogP contribution in [0.5, 0.6) is 0 Å². The average Bonchev–Trinajstić information content (AvgIpc) is 1.29. The molecule has 5 fully saturated rings. The molecule has 38 nitrogen and oxygen atoms in total. The summed E-state index contributed by atoms with van der Waals surface area (Å²) in [6.07, 6.45) is -29.7. The highest BCUT2D eigenvalue weighted by Crippen LogP contribution is 2.41. The Morgan fingerprint density at radius 3 is 1.74 bits per heavy atom. The van der Waals surface area contributed by atoms with Crippen LogP contribution in [-0.2, 0) is 76.1 Å². The van der Waals surface area contributed by atoms with Gasteiger partial charge >= 0.3 is 17.7 Å². The van der Waals surface area contributed by atoms with Gasteiger partial charge in [0.25, 0.3) is 11.7 Å². The van der Waals surface area contributed by atoms with Crippen molar-refractivity contribution >= 4 is 35.4 Å². The first kappa shape index (κ1) is 86.8. The minimum Gasteiger partial charge on any atom is -0.477 e. The van der Waals surface area contributed by atoms with Gasteiger partial charge in [-0.25, -0.2) is 9.59 Å². The third kappa shape index (κ3) is 23.5. The molecule has 1 aliphatic carbocycles. The lowest BCUT2D eigenvalue weighted by Crippen LogP contribution is -2.72. The predicted molar refractivity (Wildman–Crippen MR) is 345 cm³/mol. The van der Waals surface area contributed by atoms with Crippen molar-refractivity contribution in [2.24, 2.45) is 0 Å². The maximum absolute atomic E-state index is 13.8. The molecule has 588 valence electrons. The first-order valence-electron chi connectivity index (χ1n) is 34.7. The molecular weight excluding hydrogens is 1380 g/mol. The molecule has 28 atom stereocenters. The zero-order chi connectivity index (χ0) is 75.8. The number of allylic oxidation sites excluding steroid dienone is 4. The summed E-state index contributed by atoms with van der Waals surface area (Å²) >= 11 is 0. The van der Waals surface area contributed by atoms with Gasteiger partial charge in [-0.15, -0.1) is 0 Å². The zero-order valence-electron chi connectivity index (χ0n) is 57.6. The molecule has 6 rings (SSSR count). The molecule has 0 aromatic carbocycles. The van der Waals surface area contributed by atoms with Gasteiger partial charge in [-0.2, -0.15) is 4.79 Å². The highest BCUT2D eigenvalue weighted by molar-refractivity contribution is 6.24. The number of amides is 3. The minimum atomic E-state index is -3.42. The van der Waals surface area contributed by atoms with Crippen LogP contribution < -0.4 is 16.0 Å². The fourth-order valence-electron chi connectivity index (χ4n) is 12.9. The van der Waals surface area contributed by atoms with Crippen molar-refractivity contribution in [1.29, 1.82) is 0 Å². The molecule has 1 unspecified atom stereocenters. The second kappa shape index (κ2) is 42.5. The van der Waals surface area contributed by atoms with Gasteiger partial charge in [0, 0.05) is 26.3 Å². The van der Waals surface area contributed by atoms with E-state index in [0.29, 0.717) is 6.42 Å². The Morgan fingerprint density at radius 1 is 0.631 bits per heavy atom. The largest absolute Gasteiger partial charge is 0.477 e. The summed E-state index contributed by atoms with van der Waals surface area (Å²) in [5.41, 5.74) is 8.97. The van der Waals surface area contributed by atoms with Crippen LogP contribution in [0, 0.1) is 0 Å². The van der Waals surface area contributed by atoms with E-state index in [1.165, 1.54) is 69.2 Å². The van der Waals surface area contributed by atoms with E-state index in [-0.39, 0.29) is 11.3 Å². The Kier molecular flexibility index (Phi) is 35.8. The minimum absolute atomic E-state index is 0.140. The van der Waals surface area contributed by atoms with Crippen LogP contribution in [0.15, 0.2) is 36.0 Å². The number of aliphatic hydroxyl groups is 16. The SMILES string of the molecule is CCCCCCCCCCCCCCC/C=C/[C@@H](O)C(CO[C@@H]1O[C@H](CO)[C@@H](O[C@@H]2O[C@H](CO)[C@H](O[C@@H]3O[C@H](CO)[C@H](O)[C@H](O[C@@H]4O[C@H](CO)[C@H](O)[C@H](O)[C@H]4O)[C@H]3NC(C)=O)[C@H](O[C@]3(C(=O)O)C[C@H](O)[C@@H](NC(C)=O)[C@H]([C@H](O)[C@H](O)CO)O3)[C@H]2O)[C@H](O)[C@H]1O)NC(=O)COC(=O)C1=CC=CC1=[N+]=[N-]. The standard InChI is InChI=1S/C65H105N5O33/c1-4-5-6-7-8-9-10-11-12-13-14-15-16-17-18-22-36(78)35(69-43(81)30-93-59(90)33-20-19-21-34(33)70-66)29-94-61-52(88)50(86)54(41(27-74)97-61)99-63-53(89)58(103-65(64(91)92)23-37(79)44(67-31(2)76)57(102-65)46(82)38(80)24-71)55(42(28-75)98-63)100-60-45(68-32(3)77)56(48(84)40(26-73)95-60)101-62-51(87)49(85)47(83)39(25-72)96-62/h18-22,35-42,44-58,60-63,71-75,78-80,82-89H,4-17,23-30H2,1-3H3,(H,67,76)(H,68,77)(H,69,81)(H,91,92)/b22-18+/t35?,36-,37+,38-,39-,40-,41-,42-,44-,45-,46-,47+,48+,49+,50-,51-,52-,53-,54-,55+,56-,57-,58-,60+,61-,62+,63+,65+/m1/s1. The molecule has 0 aromatic rings. The van der Waals surface area contributed by atoms with Crippen LogP contribution >= 0.6 is 0 Å². The van der Waals surface area contributed by atoms with Crippen LogP contribution in [0.4, 0.5) is 0 Å². The predicted octanol–water partition coefficient (Wildman–Crippen LogP) is -6.81. The molecule has 5 heterocycles. The number of ether oxygens (including phenoxy) is 11. The van der Waals surface area contributed by atoms with Crippen LogP contribution in [-0.4, -0.2) is 344 Å². The van der Waals surface area contributed by atoms with Crippen molar-refractivity contribution in [2.75, 3.05) is 46.2 Å². The van der Waals surface area contributed by atoms with Crippen LogP contribution in [0.2, 0.25) is 0 Å². The summed E-state index contributed by atoms with van der Waals surface area (Å²) < 4.78 is 64.6. The fraction of sp³-hybridized carbons (Fsp3) is 0.815. The van der Waals surface area contributed by atoms with Crippen LogP contribution in [0.3, 0.4) is 0 Å². The summed E-state index contributed by atoms with van der Waals surface area (Å²) in [6, 6.07) is -5.15. The van der Waals surface area contributed by atoms with E-state index < -0.39 is 253 Å². The van der Waals surface area contributed by atoms with Crippen molar-refractivity contribution in [3.8, 4) is 0 Å². The van der Waals surface area contributed by atoms with Crippen molar-refractivity contribution in [3.63, 3.8) is 0 Å². The lowest BCUT2D eigenvalue weighted by atomic mass is 9.88. The van der Waals surface area contributed by atoms with Crippen molar-refractivity contribution < 1.29 is 168 Å². The Morgan fingerprint density at radius 2 is 1.16 bits per heavy atom. The van der Waals surface area contributed by atoms with E-state index in [1.807, 2.05) is 0 Å². The number of carbonyl (C=O) groups is 5. The number of nitrogens with one attached hydrogen (secondary N) is 3. The summed E-state index contributed by atoms with van der Waals surface area (Å²) in [4.78, 5) is 68.4. The first-order valence-corrected chi connectivity index (χ1v) is 34.7. The van der Waals surface area contributed by atoms with Gasteiger partial charge in [0.15, 0.2) is 31.8 Å². The maximum Gasteiger partial charge on any atom is 0.364 e. The summed E-state index contributed by atoms with van der Waals surface area (Å²) in [7, 11) is 0. The lowest BCUT2D eigenvalue weighted by molar-refractivity contribution is -0.403. The Hall–Kier alpha value is -5.09. The number of carbonyl (C=O) groups excluding carboxylic acids is 4. The second-order valence-electron chi connectivity index (χ2n) is 26.3. The highest BCUT2D eigenvalue weighted by atomic mass is 16.8. The molecule has 103 heavy (non-hydrogen) atoms. The van der Waals surface area contributed by atoms with E-state index in [9.17, 15) is 116 Å². The van der Waals surface area contributed by atoms with E-state index in [4.69, 9.17) is 52.1 Å². The maximum atomic E-state index is 13.8. The first-order chi connectivity index (χ1) is 49.1. The Balaban J connectivity index is 1.27. The van der Waals surface area contributed by atoms with Crippen molar-refractivity contribution in [2.45, 2.75) is 288 Å². The summed E-state index contributed by atoms with van der Waals surface area (Å²) in [6.45, 7) is -3.30. The third-order valence-electron chi connectivity index (χ3n) is 18.5. The van der Waals surface area contributed by atoms with Crippen LogP contribution in [0.1, 0.15) is 117 Å². The molecule has 0 radical (unpaired) electrons. The molecule has 5 saturated heterocycles. The number of hydrogen-bond donors (Lipinski definition) is 20. The monoisotopic (exact) mass is 1480 g/mol. The Labute approximate surface area is 593 Å². The molecular formula is C65H105N5O33. The normalized spacial score (nSPS) is 35.9. The Bertz CT molecular complexity index is 2800. The highest BCUT2D eigenvalue weighted by Gasteiger charge is 2.62. The van der Waals surface area contributed by atoms with E-state index in [0.717, 1.165) is 52.4 Å². The molecule has 6 aliphatic rings. The van der Waals surface area contributed by atoms with E-state index in [1.54, 1.807) is 6.08 Å². The van der Waals surface area contributed by atoms with Gasteiger partial charge < -0.3 is 160 Å². The van der Waals surface area contributed by atoms with Gasteiger partial charge in [-0.05, 0) is 18.9 Å². The van der Waals surface area contributed by atoms with Gasteiger partial charge in [0.1, 0.15) is 121 Å². The lowest BCUT2D eigenvalue weighted by Gasteiger charge is -2.52. The quantitative estimate of drug-likeness (QED) is 0.00889. The molecule has 0 bridgehead atoms. The topological polar surface area (TPSA) is 603 Å². The number of unbranched alkanes of at least 4 members (excludes halogenated alkanes) is 13. The van der Waals surface area contributed by atoms with E-state index in [2.05, 4.69) is 27.7 Å². The van der Waals surface area contributed by atoms with Crippen molar-refractivity contribution in [3.05, 3.63) is 41.5 Å². The number of esters is 1. The molecule has 0 saturated carbocycles. The number of aliphatic carboxylic acids is 1. The summed E-state index contributed by atoms with van der Waals surface area (Å²) in [5.74, 6) is -9.46. The zero-order valence-corrected chi connectivity index (χ0v) is 57.6. The van der Waals surface area contributed by atoms with Gasteiger partial charge in [-0.1, -0.05) is 102 Å². The molecule has 20 N–H and O–H groups in total. The molecule has 0 spiro atoms. The summed E-state index contributed by atoms with van der Waals surface area (Å²) in [5, 5.41) is 196. The number of carboxylic acids is 1. The van der Waals surface area contributed by atoms with Crippen LogP contribution in [0.25, 0.3) is 5.53 Å². The molecule has 0 aromatic heterocycles. The average molecular weight is 1480 g/mol. The number of rotatable bonds is 41. The molecule has 3 amide bonds. The van der Waals surface area contributed by atoms with Gasteiger partial charge in [0.05, 0.1) is 63.9 Å². The number of aliphatic hydroxyl groups excluding tert-OH is 16. The molecule has 5 aliphatic heterocycles. The van der Waals surface area contributed by atoms with Crippen molar-refractivity contribution in [1.82, 2.24) is 16.0 Å². The van der Waals surface area contributed by atoms with Gasteiger partial charge in [0.2, 0.25) is 11.8 Å². The number of nitrogens with zero attached hydrogens (tertiary/aromatic N) is 2. The smallest absolute Gasteiger partial charge is 0.364 e. The number of hydrogen-bond acceptors (Lipinski definition) is 32. The van der Waals surface area contributed by atoms with E-state index >= 15 is 0 Å². The molecule has 38 heteroatoms. The third-order valence-corrected chi connectivity index (χ3v) is 18.5. The van der Waals surface area contributed by atoms with Gasteiger partial charge in [-0.3, -0.25) is 14.4 Å². The number of carboxylic acid groups (broad SMARTS) is 1.